The number of carboxylic acids is 1. The summed E-state index contributed by atoms with van der Waals surface area (Å²) < 4.78 is 0. The van der Waals surface area contributed by atoms with Crippen LogP contribution in [0.1, 0.15) is 27.2 Å². The first-order chi connectivity index (χ1) is 17.3. The number of nitrogen functional groups attached to an aromatic ring is 1. The second kappa shape index (κ2) is 11.8. The van der Waals surface area contributed by atoms with Gasteiger partial charge in [0.1, 0.15) is 11.7 Å². The van der Waals surface area contributed by atoms with E-state index in [0.717, 1.165) is 27.8 Å². The zero-order valence-electron chi connectivity index (χ0n) is 21.0. The molecule has 38 heavy (non-hydrogen) atoms. The third kappa shape index (κ3) is 5.57. The maximum Gasteiger partial charge on any atom is 0.321 e. The standard InChI is InChI=1S/C28H27N5O3.2ClH/c1-32(2)24(27(35)36)14-17-7-5-6-10-21(17)18-11-12-23-22(13-18)25(31-28(29)30-23)26(34)33-15-19-8-3-4-9-20(19)16-33;;/h3-13,24H,14-16H2,1-2H3,(H,35,36)(H2,29,30,31);2*1H. The number of aromatic nitrogens is 2. The molecule has 0 saturated carbocycles. The molecule has 0 fully saturated rings. The molecule has 10 heteroatoms. The molecule has 4 aromatic rings. The second-order valence-corrected chi connectivity index (χ2v) is 9.27. The first-order valence-electron chi connectivity index (χ1n) is 11.7. The van der Waals surface area contributed by atoms with Crippen molar-refractivity contribution in [2.24, 2.45) is 0 Å². The highest BCUT2D eigenvalue weighted by atomic mass is 35.5. The Kier molecular flexibility index (Phi) is 8.93. The van der Waals surface area contributed by atoms with Gasteiger partial charge in [0.05, 0.1) is 5.52 Å². The lowest BCUT2D eigenvalue weighted by Crippen LogP contribution is -2.37. The Bertz CT molecular complexity index is 1470. The van der Waals surface area contributed by atoms with Gasteiger partial charge in [-0.25, -0.2) is 9.97 Å². The summed E-state index contributed by atoms with van der Waals surface area (Å²) in [4.78, 5) is 37.6. The number of amides is 1. The molecular formula is C28H29Cl2N5O3. The highest BCUT2D eigenvalue weighted by molar-refractivity contribution is 6.06. The molecule has 3 aromatic carbocycles. The number of carboxylic acid groups (broad SMARTS) is 1. The molecule has 3 N–H and O–H groups in total. The zero-order valence-corrected chi connectivity index (χ0v) is 22.6. The van der Waals surface area contributed by atoms with E-state index in [1.807, 2.05) is 66.7 Å². The van der Waals surface area contributed by atoms with Gasteiger partial charge in [-0.05, 0) is 60.5 Å². The Labute approximate surface area is 233 Å². The minimum atomic E-state index is -0.878. The molecule has 1 unspecified atom stereocenters. The Hall–Kier alpha value is -3.72. The van der Waals surface area contributed by atoms with Gasteiger partial charge in [0.2, 0.25) is 5.95 Å². The van der Waals surface area contributed by atoms with E-state index in [2.05, 4.69) is 9.97 Å². The van der Waals surface area contributed by atoms with E-state index >= 15 is 0 Å². The van der Waals surface area contributed by atoms with E-state index in [0.29, 0.717) is 30.4 Å². The molecule has 5 rings (SSSR count). The fourth-order valence-electron chi connectivity index (χ4n) is 4.78. The van der Waals surface area contributed by atoms with Crippen LogP contribution in [0.25, 0.3) is 22.0 Å². The number of carbonyl (C=O) groups excluding carboxylic acids is 1. The summed E-state index contributed by atoms with van der Waals surface area (Å²) in [5.41, 5.74) is 11.7. The molecule has 1 amide bonds. The van der Waals surface area contributed by atoms with Crippen LogP contribution >= 0.6 is 24.8 Å². The molecule has 0 spiro atoms. The summed E-state index contributed by atoms with van der Waals surface area (Å²) in [5.74, 6) is -1.03. The van der Waals surface area contributed by atoms with Gasteiger partial charge >= 0.3 is 5.97 Å². The Balaban J connectivity index is 0.00000200. The topological polar surface area (TPSA) is 113 Å². The van der Waals surface area contributed by atoms with Gasteiger partial charge < -0.3 is 15.7 Å². The van der Waals surface area contributed by atoms with Gasteiger partial charge in [-0.2, -0.15) is 0 Å². The number of carbonyl (C=O) groups is 2. The fourth-order valence-corrected chi connectivity index (χ4v) is 4.78. The van der Waals surface area contributed by atoms with Gasteiger partial charge in [-0.1, -0.05) is 54.6 Å². The summed E-state index contributed by atoms with van der Waals surface area (Å²) in [6, 6.07) is 20.7. The number of anilines is 1. The van der Waals surface area contributed by atoms with Gasteiger partial charge in [0.25, 0.3) is 5.91 Å². The van der Waals surface area contributed by atoms with E-state index in [1.165, 1.54) is 0 Å². The number of hydrogen-bond acceptors (Lipinski definition) is 6. The van der Waals surface area contributed by atoms with Crippen LogP contribution in [0.4, 0.5) is 5.95 Å². The van der Waals surface area contributed by atoms with E-state index < -0.39 is 12.0 Å². The van der Waals surface area contributed by atoms with Gasteiger partial charge in [-0.15, -0.1) is 24.8 Å². The molecule has 0 aliphatic carbocycles. The lowest BCUT2D eigenvalue weighted by molar-refractivity contribution is -0.142. The van der Waals surface area contributed by atoms with Crippen LogP contribution in [0.15, 0.2) is 66.7 Å². The number of benzene rings is 3. The number of rotatable bonds is 6. The lowest BCUT2D eigenvalue weighted by Gasteiger charge is -2.21. The largest absolute Gasteiger partial charge is 0.480 e. The van der Waals surface area contributed by atoms with E-state index in [9.17, 15) is 14.7 Å². The zero-order chi connectivity index (χ0) is 25.4. The van der Waals surface area contributed by atoms with Crippen LogP contribution in [-0.2, 0) is 24.3 Å². The van der Waals surface area contributed by atoms with Crippen LogP contribution in [0.5, 0.6) is 0 Å². The third-order valence-corrected chi connectivity index (χ3v) is 6.69. The van der Waals surface area contributed by atoms with Crippen molar-refractivity contribution in [1.82, 2.24) is 19.8 Å². The molecular weight excluding hydrogens is 525 g/mol. The smallest absolute Gasteiger partial charge is 0.321 e. The molecule has 198 valence electrons. The average Bonchev–Trinajstić information content (AvgIpc) is 3.30. The maximum atomic E-state index is 13.6. The molecule has 0 radical (unpaired) electrons. The molecule has 1 aliphatic heterocycles. The van der Waals surface area contributed by atoms with E-state index in [1.54, 1.807) is 23.9 Å². The minimum Gasteiger partial charge on any atom is -0.480 e. The van der Waals surface area contributed by atoms with Crippen molar-refractivity contribution in [3.63, 3.8) is 0 Å². The molecule has 0 bridgehead atoms. The minimum absolute atomic E-state index is 0. The first kappa shape index (κ1) is 28.8. The SMILES string of the molecule is CN(C)C(Cc1ccccc1-c1ccc2nc(N)nc(C(=O)N3Cc4ccccc4C3)c2c1)C(=O)O.Cl.Cl. The summed E-state index contributed by atoms with van der Waals surface area (Å²) >= 11 is 0. The van der Waals surface area contributed by atoms with Gasteiger partial charge in [0, 0.05) is 18.5 Å². The number of aliphatic carboxylic acids is 1. The normalized spacial score (nSPS) is 13.0. The number of hydrogen-bond donors (Lipinski definition) is 2. The summed E-state index contributed by atoms with van der Waals surface area (Å²) in [6.07, 6.45) is 0.340. The van der Waals surface area contributed by atoms with E-state index in [4.69, 9.17) is 5.73 Å². The van der Waals surface area contributed by atoms with Gasteiger partial charge in [-0.3, -0.25) is 14.5 Å². The van der Waals surface area contributed by atoms with Crippen LogP contribution in [0.2, 0.25) is 0 Å². The van der Waals surface area contributed by atoms with Crippen molar-refractivity contribution in [2.75, 3.05) is 19.8 Å². The highest BCUT2D eigenvalue weighted by Gasteiger charge is 2.27. The Morgan fingerprint density at radius 1 is 0.974 bits per heavy atom. The molecule has 0 saturated heterocycles. The summed E-state index contributed by atoms with van der Waals surface area (Å²) in [6.45, 7) is 1.04. The van der Waals surface area contributed by atoms with Crippen molar-refractivity contribution >= 4 is 53.5 Å². The first-order valence-corrected chi connectivity index (χ1v) is 11.7. The van der Waals surface area contributed by atoms with E-state index in [-0.39, 0.29) is 42.4 Å². The Morgan fingerprint density at radius 2 is 1.61 bits per heavy atom. The maximum absolute atomic E-state index is 13.6. The fraction of sp³-hybridized carbons (Fsp3) is 0.214. The number of nitrogens with zero attached hydrogens (tertiary/aromatic N) is 4. The summed E-state index contributed by atoms with van der Waals surface area (Å²) in [7, 11) is 3.52. The number of nitrogens with two attached hydrogens (primary N) is 1. The monoisotopic (exact) mass is 553 g/mol. The number of fused-ring (bicyclic) bond motifs is 2. The van der Waals surface area contributed by atoms with Crippen LogP contribution in [0, 0.1) is 0 Å². The predicted molar refractivity (Wildman–Crippen MR) is 153 cm³/mol. The lowest BCUT2D eigenvalue weighted by atomic mass is 9.93. The molecule has 1 atom stereocenters. The third-order valence-electron chi connectivity index (χ3n) is 6.69. The number of halogens is 2. The quantitative estimate of drug-likeness (QED) is 0.363. The van der Waals surface area contributed by atoms with Crippen LogP contribution in [-0.4, -0.2) is 56.9 Å². The van der Waals surface area contributed by atoms with Crippen molar-refractivity contribution in [2.45, 2.75) is 25.6 Å². The van der Waals surface area contributed by atoms with Gasteiger partial charge in [0.15, 0.2) is 0 Å². The summed E-state index contributed by atoms with van der Waals surface area (Å²) in [5, 5.41) is 10.3. The molecule has 8 nitrogen and oxygen atoms in total. The van der Waals surface area contributed by atoms with Crippen molar-refractivity contribution in [3.8, 4) is 11.1 Å². The van der Waals surface area contributed by atoms with Crippen molar-refractivity contribution in [3.05, 3.63) is 89.1 Å². The highest BCUT2D eigenvalue weighted by Crippen LogP contribution is 2.31. The average molecular weight is 554 g/mol. The molecule has 1 aliphatic rings. The number of likely N-dealkylation sites (N-methyl/N-ethyl adjacent to an activating group) is 1. The molecule has 2 heterocycles. The predicted octanol–water partition coefficient (Wildman–Crippen LogP) is 4.44. The Morgan fingerprint density at radius 3 is 2.24 bits per heavy atom. The van der Waals surface area contributed by atoms with Crippen LogP contribution in [0.3, 0.4) is 0 Å². The van der Waals surface area contributed by atoms with Crippen molar-refractivity contribution < 1.29 is 14.7 Å². The second-order valence-electron chi connectivity index (χ2n) is 9.27. The van der Waals surface area contributed by atoms with Crippen molar-refractivity contribution in [1.29, 1.82) is 0 Å². The van der Waals surface area contributed by atoms with Crippen LogP contribution < -0.4 is 5.73 Å². The molecule has 1 aromatic heterocycles.